The van der Waals surface area contributed by atoms with Crippen molar-refractivity contribution in [1.82, 2.24) is 10.2 Å². The zero-order valence-electron chi connectivity index (χ0n) is 18.2. The molecule has 7 heteroatoms. The fraction of sp³-hybridized carbons (Fsp3) is 0.360. The number of carboxylic acid groups (broad SMARTS) is 1. The van der Waals surface area contributed by atoms with Crippen molar-refractivity contribution in [2.45, 2.75) is 44.3 Å². The number of rotatable bonds is 4. The third kappa shape index (κ3) is 3.28. The van der Waals surface area contributed by atoms with Crippen molar-refractivity contribution < 1.29 is 19.5 Å². The lowest BCUT2D eigenvalue weighted by atomic mass is 9.76. The number of nitrogens with one attached hydrogen (secondary N) is 1. The van der Waals surface area contributed by atoms with E-state index in [-0.39, 0.29) is 12.3 Å². The zero-order chi connectivity index (χ0) is 23.3. The highest BCUT2D eigenvalue weighted by Gasteiger charge is 2.69. The predicted octanol–water partition coefficient (Wildman–Crippen LogP) is 2.67. The van der Waals surface area contributed by atoms with Crippen LogP contribution in [0.25, 0.3) is 0 Å². The monoisotopic (exact) mass is 431 g/mol. The van der Waals surface area contributed by atoms with E-state index in [9.17, 15) is 19.5 Å². The van der Waals surface area contributed by atoms with E-state index in [1.807, 2.05) is 30.3 Å². The van der Waals surface area contributed by atoms with Crippen LogP contribution in [0, 0.1) is 23.2 Å². The number of hydrogen-bond acceptors (Lipinski definition) is 5. The SMILES string of the molecule is CC(C)(C)N1C(=O)C2C(c3ccc(C#N)cc3)NC(Cc3ccccc3)(C(=O)O)C2C1=O. The van der Waals surface area contributed by atoms with Crippen LogP contribution in [0.4, 0.5) is 0 Å². The summed E-state index contributed by atoms with van der Waals surface area (Å²) in [5, 5.41) is 22.7. The first-order valence-corrected chi connectivity index (χ1v) is 10.5. The number of aliphatic carboxylic acids is 1. The lowest BCUT2D eigenvalue weighted by Gasteiger charge is -2.35. The van der Waals surface area contributed by atoms with Gasteiger partial charge in [0.1, 0.15) is 5.54 Å². The van der Waals surface area contributed by atoms with Gasteiger partial charge in [0.15, 0.2) is 0 Å². The Morgan fingerprint density at radius 2 is 1.72 bits per heavy atom. The van der Waals surface area contributed by atoms with Gasteiger partial charge < -0.3 is 5.11 Å². The minimum absolute atomic E-state index is 0.0636. The van der Waals surface area contributed by atoms with Gasteiger partial charge in [0.05, 0.1) is 23.5 Å². The molecule has 7 nitrogen and oxygen atoms in total. The van der Waals surface area contributed by atoms with Gasteiger partial charge in [0.25, 0.3) is 0 Å². The molecule has 2 aromatic carbocycles. The van der Waals surface area contributed by atoms with Gasteiger partial charge >= 0.3 is 5.97 Å². The smallest absolute Gasteiger partial charge is 0.325 e. The number of carboxylic acids is 1. The van der Waals surface area contributed by atoms with E-state index in [1.165, 1.54) is 4.90 Å². The summed E-state index contributed by atoms with van der Waals surface area (Å²) >= 11 is 0. The fourth-order valence-electron chi connectivity index (χ4n) is 5.07. The Morgan fingerprint density at radius 3 is 2.25 bits per heavy atom. The van der Waals surface area contributed by atoms with Crippen LogP contribution in [-0.2, 0) is 20.8 Å². The molecule has 2 heterocycles. The molecule has 4 rings (SSSR count). The average molecular weight is 431 g/mol. The van der Waals surface area contributed by atoms with Crippen LogP contribution < -0.4 is 5.32 Å². The molecule has 0 saturated carbocycles. The quantitative estimate of drug-likeness (QED) is 0.720. The third-order valence-electron chi connectivity index (χ3n) is 6.43. The summed E-state index contributed by atoms with van der Waals surface area (Å²) in [7, 11) is 0. The van der Waals surface area contributed by atoms with E-state index in [4.69, 9.17) is 5.26 Å². The Balaban J connectivity index is 1.87. The van der Waals surface area contributed by atoms with Crippen LogP contribution >= 0.6 is 0 Å². The van der Waals surface area contributed by atoms with Crippen LogP contribution in [0.1, 0.15) is 43.5 Å². The van der Waals surface area contributed by atoms with Crippen molar-refractivity contribution >= 4 is 17.8 Å². The molecule has 0 aromatic heterocycles. The molecular weight excluding hydrogens is 406 g/mol. The Hall–Kier alpha value is -3.50. The van der Waals surface area contributed by atoms with Crippen LogP contribution in [0.15, 0.2) is 54.6 Å². The van der Waals surface area contributed by atoms with Gasteiger partial charge in [-0.3, -0.25) is 24.6 Å². The number of hydrogen-bond donors (Lipinski definition) is 2. The number of nitriles is 1. The molecule has 164 valence electrons. The van der Waals surface area contributed by atoms with Crippen LogP contribution in [0.5, 0.6) is 0 Å². The number of amides is 2. The first-order chi connectivity index (χ1) is 15.1. The number of nitrogens with zero attached hydrogens (tertiary/aromatic N) is 2. The van der Waals surface area contributed by atoms with Gasteiger partial charge in [-0.05, 0) is 44.0 Å². The maximum absolute atomic E-state index is 13.6. The van der Waals surface area contributed by atoms with Crippen molar-refractivity contribution in [2.75, 3.05) is 0 Å². The van der Waals surface area contributed by atoms with E-state index in [0.717, 1.165) is 5.56 Å². The number of fused-ring (bicyclic) bond motifs is 1. The number of imide groups is 1. The van der Waals surface area contributed by atoms with Gasteiger partial charge in [-0.1, -0.05) is 42.5 Å². The number of carbonyl (C=O) groups excluding carboxylic acids is 2. The second kappa shape index (κ2) is 7.57. The summed E-state index contributed by atoms with van der Waals surface area (Å²) in [6.45, 7) is 5.31. The minimum Gasteiger partial charge on any atom is -0.480 e. The van der Waals surface area contributed by atoms with Gasteiger partial charge in [0, 0.05) is 18.0 Å². The lowest BCUT2D eigenvalue weighted by Crippen LogP contribution is -2.58. The molecule has 2 saturated heterocycles. The summed E-state index contributed by atoms with van der Waals surface area (Å²) < 4.78 is 0. The molecular formula is C25H25N3O4. The Kier molecular flexibility index (Phi) is 5.14. The highest BCUT2D eigenvalue weighted by Crippen LogP contribution is 2.51. The second-order valence-electron chi connectivity index (χ2n) is 9.48. The van der Waals surface area contributed by atoms with Gasteiger partial charge in [-0.25, -0.2) is 0 Å². The summed E-state index contributed by atoms with van der Waals surface area (Å²) in [6, 6.07) is 17.2. The molecule has 2 amide bonds. The number of benzene rings is 2. The first-order valence-electron chi connectivity index (χ1n) is 10.5. The molecule has 2 aliphatic rings. The Morgan fingerprint density at radius 1 is 1.09 bits per heavy atom. The minimum atomic E-state index is -1.64. The molecule has 0 radical (unpaired) electrons. The average Bonchev–Trinajstić information content (AvgIpc) is 3.23. The fourth-order valence-corrected chi connectivity index (χ4v) is 5.07. The number of likely N-dealkylation sites (tertiary alicyclic amines) is 1. The second-order valence-corrected chi connectivity index (χ2v) is 9.48. The van der Waals surface area contributed by atoms with Crippen LogP contribution in [-0.4, -0.2) is 38.9 Å². The molecule has 4 unspecified atom stereocenters. The maximum atomic E-state index is 13.6. The molecule has 2 N–H and O–H groups in total. The summed E-state index contributed by atoms with van der Waals surface area (Å²) in [6.07, 6.45) is 0.0636. The summed E-state index contributed by atoms with van der Waals surface area (Å²) in [5.41, 5.74) is -0.521. The van der Waals surface area contributed by atoms with E-state index in [2.05, 4.69) is 11.4 Å². The van der Waals surface area contributed by atoms with Gasteiger partial charge in [0.2, 0.25) is 11.8 Å². The molecule has 4 atom stereocenters. The molecule has 0 aliphatic carbocycles. The molecule has 2 aromatic rings. The number of carbonyl (C=O) groups is 3. The molecule has 2 fully saturated rings. The van der Waals surface area contributed by atoms with E-state index in [0.29, 0.717) is 11.1 Å². The predicted molar refractivity (Wildman–Crippen MR) is 116 cm³/mol. The van der Waals surface area contributed by atoms with Crippen molar-refractivity contribution in [3.63, 3.8) is 0 Å². The molecule has 2 aliphatic heterocycles. The summed E-state index contributed by atoms with van der Waals surface area (Å²) in [5.74, 6) is -3.90. The van der Waals surface area contributed by atoms with Gasteiger partial charge in [-0.15, -0.1) is 0 Å². The van der Waals surface area contributed by atoms with Gasteiger partial charge in [-0.2, -0.15) is 5.26 Å². The van der Waals surface area contributed by atoms with Crippen LogP contribution in [0.3, 0.4) is 0 Å². The highest BCUT2D eigenvalue weighted by atomic mass is 16.4. The lowest BCUT2D eigenvalue weighted by molar-refractivity contribution is -0.153. The molecule has 32 heavy (non-hydrogen) atoms. The van der Waals surface area contributed by atoms with E-state index in [1.54, 1.807) is 45.0 Å². The first kappa shape index (κ1) is 21.7. The molecule has 0 spiro atoms. The highest BCUT2D eigenvalue weighted by molar-refractivity contribution is 6.10. The van der Waals surface area contributed by atoms with Crippen molar-refractivity contribution in [1.29, 1.82) is 5.26 Å². The van der Waals surface area contributed by atoms with Crippen LogP contribution in [0.2, 0.25) is 0 Å². The van der Waals surface area contributed by atoms with E-state index >= 15 is 0 Å². The van der Waals surface area contributed by atoms with Crippen molar-refractivity contribution in [3.05, 3.63) is 71.3 Å². The maximum Gasteiger partial charge on any atom is 0.325 e. The molecule has 0 bridgehead atoms. The standard InChI is InChI=1S/C25H25N3O4/c1-24(2,3)28-21(29)18-19(22(28)30)25(23(31)32,13-15-7-5-4-6-8-15)27-20(18)17-11-9-16(14-26)10-12-17/h4-12,18-20,27H,13H2,1-3H3,(H,31,32). The third-order valence-corrected chi connectivity index (χ3v) is 6.43. The normalized spacial score (nSPS) is 27.3. The largest absolute Gasteiger partial charge is 0.480 e. The Bertz CT molecular complexity index is 1110. The Labute approximate surface area is 186 Å². The van der Waals surface area contributed by atoms with E-state index < -0.39 is 40.8 Å². The van der Waals surface area contributed by atoms with Crippen molar-refractivity contribution in [2.24, 2.45) is 11.8 Å². The topological polar surface area (TPSA) is 110 Å². The van der Waals surface area contributed by atoms with Crippen molar-refractivity contribution in [3.8, 4) is 6.07 Å². The zero-order valence-corrected chi connectivity index (χ0v) is 18.2. The summed E-state index contributed by atoms with van der Waals surface area (Å²) in [4.78, 5) is 41.1.